The largest absolute Gasteiger partial charge is 0.481 e. The number of carbonyl (C=O) groups is 10. The molecule has 30 heteroatoms. The highest BCUT2D eigenvalue weighted by Gasteiger charge is 2.29. The predicted molar refractivity (Wildman–Crippen MR) is 447 cm³/mol. The number of hydrogen-bond acceptors (Lipinski definition) is 20. The molecule has 630 valence electrons. The third kappa shape index (κ3) is 34.6. The molecule has 30 nitrogen and oxygen atoms in total. The van der Waals surface area contributed by atoms with Gasteiger partial charge in [-0.15, -0.1) is 0 Å². The summed E-state index contributed by atoms with van der Waals surface area (Å²) in [4.78, 5) is 138. The zero-order chi connectivity index (χ0) is 83.9. The van der Waals surface area contributed by atoms with E-state index in [1.54, 1.807) is 36.7 Å². The minimum atomic E-state index is -1.15. The number of pyridine rings is 2. The molecule has 0 radical (unpaired) electrons. The van der Waals surface area contributed by atoms with Crippen LogP contribution < -0.4 is 53.2 Å². The van der Waals surface area contributed by atoms with Crippen molar-refractivity contribution < 1.29 is 86.6 Å². The Morgan fingerprint density at radius 3 is 1.03 bits per heavy atom. The summed E-state index contributed by atoms with van der Waals surface area (Å²) in [5, 5.41) is 52.6. The average Bonchev–Trinajstić information content (AvgIpc) is 0.805. The van der Waals surface area contributed by atoms with Crippen LogP contribution in [0.2, 0.25) is 0 Å². The van der Waals surface area contributed by atoms with Gasteiger partial charge in [0.15, 0.2) is 0 Å². The van der Waals surface area contributed by atoms with Gasteiger partial charge in [0, 0.05) is 90.2 Å². The van der Waals surface area contributed by atoms with Crippen LogP contribution in [0.5, 0.6) is 0 Å². The number of carboxylic acids is 2. The fraction of sp³-hybridized carbons (Fsp3) is 0.409. The van der Waals surface area contributed by atoms with Crippen molar-refractivity contribution >= 4 is 92.4 Å². The van der Waals surface area contributed by atoms with Crippen LogP contribution in [0, 0.1) is 13.8 Å². The number of ether oxygens (including phenoxy) is 6. The van der Waals surface area contributed by atoms with E-state index in [1.165, 1.54) is 0 Å². The lowest BCUT2D eigenvalue weighted by atomic mass is 9.95. The van der Waals surface area contributed by atoms with Crippen molar-refractivity contribution in [1.29, 1.82) is 0 Å². The van der Waals surface area contributed by atoms with E-state index in [0.29, 0.717) is 48.7 Å². The highest BCUT2D eigenvalue weighted by atomic mass is 16.5. The number of nitrogens with one attached hydrogen (secondary N) is 10. The van der Waals surface area contributed by atoms with Crippen LogP contribution in [-0.4, -0.2) is 210 Å². The fourth-order valence-electron chi connectivity index (χ4n) is 12.7. The van der Waals surface area contributed by atoms with Crippen LogP contribution >= 0.6 is 0 Å². The molecule has 0 aliphatic rings. The standard InChI is InChI=1S/C88H110N12O18/c1-61-35-39-91-77(57-61)89-37-9-19-83(105)97-73(87(111)99-75(59-85(107)108)67-25-21-65(22-26-67)71-17-7-13-63-11-3-5-15-69(63)71)29-31-79(101)93-41-45-113-49-53-117-55-51-115-47-43-95-81(103)33-34-82(104)96-44-48-116-52-56-118-54-50-114-46-42-94-80(102)32-30-74(98-84(106)20-10-38-90-78-58-62(2)36-40-92-78)88(112)100-76(60-86(109)110)68-27-23-66(24-28-68)72-18-8-14-64-12-4-6-16-70(64)72/h3-8,11-18,21-28,35-36,39-40,57-58,73-76H,9-10,19-20,29-34,37-38,41-56,59-60H2,1-2H3,(H,89,91)(H,90,92)(H,93,101)(H,94,102)(H,95,103)(H,96,104)(H,97,105)(H,98,106)(H,99,111)(H,100,112)(H,107,108)(H,109,110). The maximum Gasteiger partial charge on any atom is 0.305 e. The first-order valence-electron chi connectivity index (χ1n) is 40.0. The molecular formula is C88H110N12O18. The minimum absolute atomic E-state index is 0.0163. The summed E-state index contributed by atoms with van der Waals surface area (Å²) in [7, 11) is 0. The number of benzene rings is 6. The zero-order valence-electron chi connectivity index (χ0n) is 67.0. The van der Waals surface area contributed by atoms with Gasteiger partial charge < -0.3 is 91.8 Å². The van der Waals surface area contributed by atoms with Crippen LogP contribution in [-0.2, 0) is 76.4 Å². The van der Waals surface area contributed by atoms with Gasteiger partial charge in [-0.3, -0.25) is 47.9 Å². The maximum atomic E-state index is 14.0. The molecular weight excluding hydrogens is 1510 g/mol. The number of nitrogens with zero attached hydrogens (tertiary/aromatic N) is 2. The maximum absolute atomic E-state index is 14.0. The summed E-state index contributed by atoms with van der Waals surface area (Å²) in [5.41, 5.74) is 6.99. The fourth-order valence-corrected chi connectivity index (χ4v) is 12.7. The first-order valence-corrected chi connectivity index (χ1v) is 40.0. The Morgan fingerprint density at radius 1 is 0.347 bits per heavy atom. The Balaban J connectivity index is 0.613. The van der Waals surface area contributed by atoms with Gasteiger partial charge in [-0.05, 0) is 130 Å². The van der Waals surface area contributed by atoms with Gasteiger partial charge in [0.25, 0.3) is 0 Å². The Hall–Kier alpha value is -11.8. The number of anilines is 2. The second-order valence-electron chi connectivity index (χ2n) is 28.0. The number of fused-ring (bicyclic) bond motifs is 2. The van der Waals surface area contributed by atoms with E-state index in [1.807, 2.05) is 147 Å². The van der Waals surface area contributed by atoms with E-state index >= 15 is 0 Å². The highest BCUT2D eigenvalue weighted by molar-refractivity contribution is 5.98. The molecule has 0 saturated heterocycles. The molecule has 0 saturated carbocycles. The summed E-state index contributed by atoms with van der Waals surface area (Å²) >= 11 is 0. The van der Waals surface area contributed by atoms with Gasteiger partial charge in [0.2, 0.25) is 47.3 Å². The van der Waals surface area contributed by atoms with Crippen molar-refractivity contribution in [3.05, 3.63) is 192 Å². The normalized spacial score (nSPS) is 12.1. The Labute approximate surface area is 687 Å². The Kier molecular flexibility index (Phi) is 40.4. The number of rotatable bonds is 57. The van der Waals surface area contributed by atoms with E-state index < -0.39 is 72.6 Å². The summed E-state index contributed by atoms with van der Waals surface area (Å²) < 4.78 is 33.4. The number of aryl methyl sites for hydroxylation is 2. The number of aromatic nitrogens is 2. The second-order valence-corrected chi connectivity index (χ2v) is 28.0. The van der Waals surface area contributed by atoms with Crippen LogP contribution in [0.4, 0.5) is 11.6 Å². The van der Waals surface area contributed by atoms with E-state index in [-0.39, 0.29) is 180 Å². The molecule has 8 rings (SSSR count). The van der Waals surface area contributed by atoms with Gasteiger partial charge in [-0.2, -0.15) is 0 Å². The first-order chi connectivity index (χ1) is 57.3. The van der Waals surface area contributed by atoms with Crippen molar-refractivity contribution in [2.75, 3.05) is 129 Å². The van der Waals surface area contributed by atoms with Crippen molar-refractivity contribution in [2.24, 2.45) is 0 Å². The van der Waals surface area contributed by atoms with Crippen molar-refractivity contribution in [3.8, 4) is 22.3 Å². The summed E-state index contributed by atoms with van der Waals surface area (Å²) in [6, 6.07) is 46.0. The quantitative estimate of drug-likeness (QED) is 0.0159. The average molecular weight is 1620 g/mol. The highest BCUT2D eigenvalue weighted by Crippen LogP contribution is 2.32. The zero-order valence-corrected chi connectivity index (χ0v) is 67.0. The lowest BCUT2D eigenvalue weighted by Gasteiger charge is -2.23. The van der Waals surface area contributed by atoms with Gasteiger partial charge in [0.05, 0.1) is 104 Å². The monoisotopic (exact) mass is 1620 g/mol. The third-order valence-electron chi connectivity index (χ3n) is 18.8. The molecule has 2 aromatic heterocycles. The number of hydrogen-bond donors (Lipinski definition) is 12. The molecule has 0 spiro atoms. The minimum Gasteiger partial charge on any atom is -0.481 e. The van der Waals surface area contributed by atoms with Crippen molar-refractivity contribution in [1.82, 2.24) is 52.5 Å². The molecule has 0 aliphatic carbocycles. The van der Waals surface area contributed by atoms with Gasteiger partial charge in [0.1, 0.15) is 23.7 Å². The topological polar surface area (TPSA) is 413 Å². The molecule has 12 N–H and O–H groups in total. The number of amides is 8. The predicted octanol–water partition coefficient (Wildman–Crippen LogP) is 8.36. The van der Waals surface area contributed by atoms with Crippen LogP contribution in [0.25, 0.3) is 43.8 Å². The molecule has 8 amide bonds. The molecule has 8 aromatic rings. The van der Waals surface area contributed by atoms with Gasteiger partial charge >= 0.3 is 11.9 Å². The summed E-state index contributed by atoms with van der Waals surface area (Å²) in [6.45, 7) is 8.38. The smallest absolute Gasteiger partial charge is 0.305 e. The van der Waals surface area contributed by atoms with Crippen molar-refractivity contribution in [2.45, 2.75) is 115 Å². The number of aliphatic carboxylic acids is 2. The second kappa shape index (κ2) is 52.0. The van der Waals surface area contributed by atoms with E-state index in [2.05, 4.69) is 63.1 Å². The molecule has 4 unspecified atom stereocenters. The first kappa shape index (κ1) is 91.7. The number of carboxylic acid groups (broad SMARTS) is 2. The molecule has 4 atom stereocenters. The SMILES string of the molecule is Cc1ccnc(NCCCC(=O)NC(CCC(=O)NCCOCCOCCOCCNC(=O)CCC(=O)NCCOCCOCCOCCNC(=O)CCC(NC(=O)CCCNc2cc(C)ccn2)C(=O)NC(CC(=O)O)c2ccc(-c3cccc4ccccc34)cc2)C(=O)NC(CC(=O)O)c2ccc(-c3cccc4ccccc34)cc2)c1. The third-order valence-corrected chi connectivity index (χ3v) is 18.8. The van der Waals surface area contributed by atoms with Crippen molar-refractivity contribution in [3.63, 3.8) is 0 Å². The Morgan fingerprint density at radius 2 is 0.678 bits per heavy atom. The lowest BCUT2D eigenvalue weighted by molar-refractivity contribution is -0.139. The van der Waals surface area contributed by atoms with Crippen LogP contribution in [0.1, 0.15) is 111 Å². The van der Waals surface area contributed by atoms with E-state index in [0.717, 1.165) is 54.9 Å². The molecule has 6 aromatic carbocycles. The molecule has 0 bridgehead atoms. The van der Waals surface area contributed by atoms with E-state index in [9.17, 15) is 58.2 Å². The van der Waals surface area contributed by atoms with Gasteiger partial charge in [-0.1, -0.05) is 133 Å². The molecule has 2 heterocycles. The van der Waals surface area contributed by atoms with Gasteiger partial charge in [-0.25, -0.2) is 9.97 Å². The lowest BCUT2D eigenvalue weighted by Crippen LogP contribution is -2.48. The molecule has 118 heavy (non-hydrogen) atoms. The van der Waals surface area contributed by atoms with E-state index in [4.69, 9.17) is 28.4 Å². The van der Waals surface area contributed by atoms with Crippen LogP contribution in [0.15, 0.2) is 170 Å². The molecule has 0 aliphatic heterocycles. The Bertz CT molecular complexity index is 4220. The van der Waals surface area contributed by atoms with Crippen LogP contribution in [0.3, 0.4) is 0 Å². The molecule has 0 fully saturated rings. The summed E-state index contributed by atoms with van der Waals surface area (Å²) in [6.07, 6.45) is 3.09. The summed E-state index contributed by atoms with van der Waals surface area (Å²) in [5.74, 6) is -4.41. The number of carbonyl (C=O) groups excluding carboxylic acids is 8.